The third-order valence-electron chi connectivity index (χ3n) is 1.67. The first-order valence-corrected chi connectivity index (χ1v) is 4.44. The van der Waals surface area contributed by atoms with Gasteiger partial charge < -0.3 is 5.11 Å². The van der Waals surface area contributed by atoms with Gasteiger partial charge in [-0.15, -0.1) is 0 Å². The summed E-state index contributed by atoms with van der Waals surface area (Å²) in [6.45, 7) is 2.01. The Labute approximate surface area is 78.2 Å². The van der Waals surface area contributed by atoms with E-state index in [-0.39, 0.29) is 0 Å². The van der Waals surface area contributed by atoms with E-state index in [4.69, 9.17) is 0 Å². The van der Waals surface area contributed by atoms with Crippen molar-refractivity contribution in [2.75, 3.05) is 5.75 Å². The summed E-state index contributed by atoms with van der Waals surface area (Å²) in [5.74, 6) is 1.02. The van der Waals surface area contributed by atoms with Crippen LogP contribution in [0.1, 0.15) is 11.1 Å². The maximum absolute atomic E-state index is 9.18. The first kappa shape index (κ1) is 9.20. The molecule has 0 unspecified atom stereocenters. The maximum Gasteiger partial charge on any atom is 0.116 e. The van der Waals surface area contributed by atoms with Crippen LogP contribution in [0.15, 0.2) is 24.3 Å². The monoisotopic (exact) mass is 180 g/mol. The first-order chi connectivity index (χ1) is 5.74. The molecule has 0 saturated heterocycles. The fourth-order valence-corrected chi connectivity index (χ4v) is 1.09. The molecule has 0 aliphatic carbocycles. The summed E-state index contributed by atoms with van der Waals surface area (Å²) in [4.78, 5) is 0. The molecule has 12 heavy (non-hydrogen) atoms. The molecular formula is C10H12OS. The molecule has 0 spiro atoms. The van der Waals surface area contributed by atoms with E-state index in [2.05, 4.69) is 12.6 Å². The second-order valence-corrected chi connectivity index (χ2v) is 2.99. The molecule has 0 aliphatic heterocycles. The minimum absolute atomic E-state index is 0.305. The van der Waals surface area contributed by atoms with Gasteiger partial charge in [-0.1, -0.05) is 18.2 Å². The summed E-state index contributed by atoms with van der Waals surface area (Å²) in [6.07, 6.45) is 3.91. The number of phenolic OH excluding ortho intramolecular Hbond substituents is 1. The molecule has 0 saturated carbocycles. The van der Waals surface area contributed by atoms with Crippen molar-refractivity contribution in [2.45, 2.75) is 6.92 Å². The van der Waals surface area contributed by atoms with Gasteiger partial charge in [-0.2, -0.15) is 12.6 Å². The molecule has 2 heteroatoms. The number of phenols is 1. The molecule has 1 aromatic rings. The van der Waals surface area contributed by atoms with Crippen LogP contribution < -0.4 is 0 Å². The topological polar surface area (TPSA) is 20.2 Å². The molecule has 64 valence electrons. The Morgan fingerprint density at radius 1 is 1.50 bits per heavy atom. The first-order valence-electron chi connectivity index (χ1n) is 3.81. The van der Waals surface area contributed by atoms with E-state index >= 15 is 0 Å². The molecule has 1 N–H and O–H groups in total. The van der Waals surface area contributed by atoms with Crippen molar-refractivity contribution in [2.24, 2.45) is 0 Å². The standard InChI is InChI=1S/C10H12OS/c1-8-4-5-10(11)7-9(8)3-2-6-12/h2-5,7,11-12H,6H2,1H3. The Bertz CT molecular complexity index is 292. The van der Waals surface area contributed by atoms with Gasteiger partial charge in [0.2, 0.25) is 0 Å². The van der Waals surface area contributed by atoms with Crippen LogP contribution in [0.2, 0.25) is 0 Å². The highest BCUT2D eigenvalue weighted by Crippen LogP contribution is 2.16. The fourth-order valence-electron chi connectivity index (χ4n) is 0.987. The molecule has 1 aromatic carbocycles. The third-order valence-corrected chi connectivity index (χ3v) is 1.88. The van der Waals surface area contributed by atoms with Crippen molar-refractivity contribution in [1.82, 2.24) is 0 Å². The molecule has 0 aromatic heterocycles. The van der Waals surface area contributed by atoms with Crippen LogP contribution in [0.5, 0.6) is 5.75 Å². The number of hydrogen-bond acceptors (Lipinski definition) is 2. The van der Waals surface area contributed by atoms with Crippen LogP contribution in [0.4, 0.5) is 0 Å². The SMILES string of the molecule is Cc1ccc(O)cc1C=CCS. The summed E-state index contributed by atoms with van der Waals surface area (Å²) < 4.78 is 0. The fraction of sp³-hybridized carbons (Fsp3) is 0.200. The summed E-state index contributed by atoms with van der Waals surface area (Å²) in [5.41, 5.74) is 2.20. The van der Waals surface area contributed by atoms with E-state index in [0.717, 1.165) is 16.9 Å². The van der Waals surface area contributed by atoms with Crippen LogP contribution in [0, 0.1) is 6.92 Å². The highest BCUT2D eigenvalue weighted by atomic mass is 32.1. The summed E-state index contributed by atoms with van der Waals surface area (Å²) in [7, 11) is 0. The summed E-state index contributed by atoms with van der Waals surface area (Å²) >= 11 is 4.06. The lowest BCUT2D eigenvalue weighted by Crippen LogP contribution is -1.79. The third kappa shape index (κ3) is 2.31. The summed E-state index contributed by atoms with van der Waals surface area (Å²) in [6, 6.07) is 5.33. The highest BCUT2D eigenvalue weighted by Gasteiger charge is 1.94. The number of thiol groups is 1. The van der Waals surface area contributed by atoms with Gasteiger partial charge in [-0.3, -0.25) is 0 Å². The largest absolute Gasteiger partial charge is 0.508 e. The van der Waals surface area contributed by atoms with Crippen LogP contribution >= 0.6 is 12.6 Å². The zero-order valence-corrected chi connectivity index (χ0v) is 7.88. The number of aryl methyl sites for hydroxylation is 1. The van der Waals surface area contributed by atoms with Gasteiger partial charge in [-0.25, -0.2) is 0 Å². The number of rotatable bonds is 2. The molecule has 0 heterocycles. The Balaban J connectivity index is 2.97. The van der Waals surface area contributed by atoms with E-state index in [1.165, 1.54) is 0 Å². The van der Waals surface area contributed by atoms with Gasteiger partial charge >= 0.3 is 0 Å². The van der Waals surface area contributed by atoms with Crippen molar-refractivity contribution in [3.8, 4) is 5.75 Å². The predicted molar refractivity (Wildman–Crippen MR) is 55.7 cm³/mol. The molecule has 0 atom stereocenters. The average molecular weight is 180 g/mol. The zero-order chi connectivity index (χ0) is 8.97. The van der Waals surface area contributed by atoms with E-state index in [1.54, 1.807) is 12.1 Å². The maximum atomic E-state index is 9.18. The minimum Gasteiger partial charge on any atom is -0.508 e. The Morgan fingerprint density at radius 3 is 2.92 bits per heavy atom. The lowest BCUT2D eigenvalue weighted by Gasteiger charge is -1.99. The van der Waals surface area contributed by atoms with Crippen LogP contribution in [0.3, 0.4) is 0 Å². The van der Waals surface area contributed by atoms with Crippen molar-refractivity contribution in [1.29, 1.82) is 0 Å². The van der Waals surface area contributed by atoms with Gasteiger partial charge in [-0.05, 0) is 30.2 Å². The van der Waals surface area contributed by atoms with Gasteiger partial charge in [0.15, 0.2) is 0 Å². The average Bonchev–Trinajstić information content (AvgIpc) is 2.07. The van der Waals surface area contributed by atoms with Gasteiger partial charge in [0, 0.05) is 5.75 Å². The van der Waals surface area contributed by atoms with E-state index in [9.17, 15) is 5.11 Å². The Kier molecular flexibility index (Phi) is 3.23. The minimum atomic E-state index is 0.305. The predicted octanol–water partition coefficient (Wildman–Crippen LogP) is 2.64. The molecule has 0 aliphatic rings. The number of hydrogen-bond donors (Lipinski definition) is 2. The second kappa shape index (κ2) is 4.21. The molecule has 0 amide bonds. The molecule has 0 bridgehead atoms. The quantitative estimate of drug-likeness (QED) is 0.670. The molecule has 1 nitrogen and oxygen atoms in total. The summed E-state index contributed by atoms with van der Waals surface area (Å²) in [5, 5.41) is 9.18. The molecule has 1 rings (SSSR count). The lowest BCUT2D eigenvalue weighted by molar-refractivity contribution is 0.475. The normalized spacial score (nSPS) is 10.8. The number of benzene rings is 1. The van der Waals surface area contributed by atoms with E-state index in [1.807, 2.05) is 25.1 Å². The second-order valence-electron chi connectivity index (χ2n) is 2.63. The van der Waals surface area contributed by atoms with Crippen molar-refractivity contribution >= 4 is 18.7 Å². The van der Waals surface area contributed by atoms with Gasteiger partial charge in [0.05, 0.1) is 0 Å². The van der Waals surface area contributed by atoms with Gasteiger partial charge in [0.1, 0.15) is 5.75 Å². The van der Waals surface area contributed by atoms with E-state index in [0.29, 0.717) is 5.75 Å². The Morgan fingerprint density at radius 2 is 2.25 bits per heavy atom. The van der Waals surface area contributed by atoms with Crippen molar-refractivity contribution in [3.63, 3.8) is 0 Å². The molecular weight excluding hydrogens is 168 g/mol. The lowest BCUT2D eigenvalue weighted by atomic mass is 10.1. The zero-order valence-electron chi connectivity index (χ0n) is 6.99. The molecule has 0 radical (unpaired) electrons. The molecule has 0 fully saturated rings. The highest BCUT2D eigenvalue weighted by molar-refractivity contribution is 7.80. The smallest absolute Gasteiger partial charge is 0.116 e. The van der Waals surface area contributed by atoms with Gasteiger partial charge in [0.25, 0.3) is 0 Å². The van der Waals surface area contributed by atoms with Crippen LogP contribution in [-0.4, -0.2) is 10.9 Å². The number of aromatic hydroxyl groups is 1. The van der Waals surface area contributed by atoms with Crippen LogP contribution in [-0.2, 0) is 0 Å². The van der Waals surface area contributed by atoms with Crippen molar-refractivity contribution < 1.29 is 5.11 Å². The van der Waals surface area contributed by atoms with E-state index < -0.39 is 0 Å². The van der Waals surface area contributed by atoms with Crippen LogP contribution in [0.25, 0.3) is 6.08 Å². The van der Waals surface area contributed by atoms with Crippen molar-refractivity contribution in [3.05, 3.63) is 35.4 Å². The Hall–Kier alpha value is -0.890.